The lowest BCUT2D eigenvalue weighted by atomic mass is 9.77. The number of carbonyl (C=O) groups is 3. The van der Waals surface area contributed by atoms with Gasteiger partial charge in [0.05, 0.1) is 23.9 Å². The van der Waals surface area contributed by atoms with Crippen LogP contribution in [0.5, 0.6) is 5.75 Å². The third-order valence-corrected chi connectivity index (χ3v) is 9.36. The number of halogens is 1. The Balaban J connectivity index is 1.49. The Morgan fingerprint density at radius 1 is 0.905 bits per heavy atom. The molecular formula is C34H31ClN2O4S. The van der Waals surface area contributed by atoms with Crippen LogP contribution < -0.4 is 10.1 Å². The van der Waals surface area contributed by atoms with Crippen LogP contribution in [0, 0.1) is 11.8 Å². The molecule has 2 amide bonds. The molecule has 0 bridgehead atoms. The molecular weight excluding hydrogens is 568 g/mol. The molecule has 1 aromatic heterocycles. The van der Waals surface area contributed by atoms with Crippen LogP contribution in [0.2, 0.25) is 5.02 Å². The molecule has 1 aliphatic heterocycles. The zero-order valence-corrected chi connectivity index (χ0v) is 24.7. The molecule has 2 aliphatic rings. The Labute approximate surface area is 254 Å². The minimum Gasteiger partial charge on any atom is -0.496 e. The van der Waals surface area contributed by atoms with E-state index in [1.54, 1.807) is 24.1 Å². The lowest BCUT2D eigenvalue weighted by molar-refractivity contribution is -0.142. The molecule has 4 unspecified atom stereocenters. The van der Waals surface area contributed by atoms with Crippen molar-refractivity contribution >= 4 is 40.5 Å². The van der Waals surface area contributed by atoms with Gasteiger partial charge in [-0.25, -0.2) is 0 Å². The second-order valence-electron chi connectivity index (χ2n) is 10.8. The fourth-order valence-electron chi connectivity index (χ4n) is 6.13. The number of ether oxygens (including phenoxy) is 1. The van der Waals surface area contributed by atoms with Crippen molar-refractivity contribution < 1.29 is 19.1 Å². The second-order valence-corrected chi connectivity index (χ2v) is 12.2. The van der Waals surface area contributed by atoms with Crippen LogP contribution in [0.1, 0.15) is 51.2 Å². The third-order valence-electron chi connectivity index (χ3n) is 8.22. The van der Waals surface area contributed by atoms with E-state index >= 15 is 0 Å². The van der Waals surface area contributed by atoms with Gasteiger partial charge in [-0.05, 0) is 53.6 Å². The first-order valence-corrected chi connectivity index (χ1v) is 15.3. The highest BCUT2D eigenvalue weighted by Gasteiger charge is 2.58. The summed E-state index contributed by atoms with van der Waals surface area (Å²) in [6, 6.07) is 26.6. The summed E-state index contributed by atoms with van der Waals surface area (Å²) in [4.78, 5) is 45.3. The van der Waals surface area contributed by atoms with E-state index in [4.69, 9.17) is 16.3 Å². The van der Waals surface area contributed by atoms with Crippen molar-refractivity contribution in [2.75, 3.05) is 7.11 Å². The predicted molar refractivity (Wildman–Crippen MR) is 164 cm³/mol. The maximum atomic E-state index is 14.4. The van der Waals surface area contributed by atoms with E-state index in [9.17, 15) is 14.4 Å². The van der Waals surface area contributed by atoms with Crippen LogP contribution in [0.25, 0.3) is 0 Å². The number of hydrogen-bond acceptors (Lipinski definition) is 5. The first kappa shape index (κ1) is 28.2. The third kappa shape index (κ3) is 5.46. The molecule has 0 spiro atoms. The molecule has 42 heavy (non-hydrogen) atoms. The number of Topliss-reactive ketones (excluding diaryl/α,β-unsaturated/α-hetero) is 1. The van der Waals surface area contributed by atoms with Crippen molar-refractivity contribution in [1.29, 1.82) is 0 Å². The number of ketones is 1. The molecule has 2 heterocycles. The highest BCUT2D eigenvalue weighted by Crippen LogP contribution is 2.53. The standard InChI is InChI=1S/C34H31ClN2O4S/c1-41-26-11-6-5-10-24(26)20-36-33(39)31-28(21-15-17-25(35)18-16-21)29(32(38)27-12-7-19-42-27)30(22-8-3-2-4-9-22)37(31)34(40)23-13-14-23/h2-12,15-19,23,28-31H,13-14,20H2,1H3,(H,36,39). The number of nitrogens with zero attached hydrogens (tertiary/aromatic N) is 1. The Kier molecular flexibility index (Phi) is 8.13. The molecule has 8 heteroatoms. The molecule has 1 aliphatic carbocycles. The number of nitrogens with one attached hydrogen (secondary N) is 1. The van der Waals surface area contributed by atoms with Gasteiger partial charge in [0.2, 0.25) is 11.8 Å². The van der Waals surface area contributed by atoms with Crippen LogP contribution in [0.3, 0.4) is 0 Å². The van der Waals surface area contributed by atoms with Gasteiger partial charge < -0.3 is 15.0 Å². The van der Waals surface area contributed by atoms with Gasteiger partial charge >= 0.3 is 0 Å². The quantitative estimate of drug-likeness (QED) is 0.218. The molecule has 1 N–H and O–H groups in total. The molecule has 6 rings (SSSR count). The van der Waals surface area contributed by atoms with Gasteiger partial charge in [-0.1, -0.05) is 78.3 Å². The number of amides is 2. The lowest BCUT2D eigenvalue weighted by Gasteiger charge is -2.32. The normalized spacial score (nSPS) is 21.6. The van der Waals surface area contributed by atoms with Crippen LogP contribution in [0.15, 0.2) is 96.4 Å². The highest BCUT2D eigenvalue weighted by atomic mass is 35.5. The first-order valence-electron chi connectivity index (χ1n) is 14.1. The van der Waals surface area contributed by atoms with Gasteiger partial charge in [0.1, 0.15) is 11.8 Å². The SMILES string of the molecule is COc1ccccc1CNC(=O)C1C(c2ccc(Cl)cc2)C(C(=O)c2cccs2)C(c2ccccc2)N1C(=O)C1CC1. The summed E-state index contributed by atoms with van der Waals surface area (Å²) in [5, 5.41) is 5.52. The summed E-state index contributed by atoms with van der Waals surface area (Å²) in [7, 11) is 1.59. The number of rotatable bonds is 9. The maximum Gasteiger partial charge on any atom is 0.243 e. The lowest BCUT2D eigenvalue weighted by Crippen LogP contribution is -2.49. The fraction of sp³-hybridized carbons (Fsp3) is 0.265. The number of likely N-dealkylation sites (tertiary alicyclic amines) is 1. The molecule has 4 atom stereocenters. The van der Waals surface area contributed by atoms with Gasteiger partial charge in [0.25, 0.3) is 0 Å². The summed E-state index contributed by atoms with van der Waals surface area (Å²) in [5.41, 5.74) is 2.44. The summed E-state index contributed by atoms with van der Waals surface area (Å²) in [6.07, 6.45) is 1.56. The Hall–Kier alpha value is -3.94. The summed E-state index contributed by atoms with van der Waals surface area (Å²) < 4.78 is 5.50. The van der Waals surface area contributed by atoms with Gasteiger partial charge in [-0.15, -0.1) is 11.3 Å². The Bertz CT molecular complexity index is 1570. The number of benzene rings is 3. The van der Waals surface area contributed by atoms with Crippen molar-refractivity contribution in [3.8, 4) is 5.75 Å². The molecule has 6 nitrogen and oxygen atoms in total. The van der Waals surface area contributed by atoms with Crippen molar-refractivity contribution in [3.05, 3.63) is 123 Å². The van der Waals surface area contributed by atoms with Crippen LogP contribution in [-0.4, -0.2) is 35.6 Å². The zero-order chi connectivity index (χ0) is 29.2. The van der Waals surface area contributed by atoms with Crippen molar-refractivity contribution in [1.82, 2.24) is 10.2 Å². The van der Waals surface area contributed by atoms with Crippen LogP contribution >= 0.6 is 22.9 Å². The monoisotopic (exact) mass is 598 g/mol. The molecule has 4 aromatic rings. The van der Waals surface area contributed by atoms with Gasteiger partial charge in [0.15, 0.2) is 5.78 Å². The van der Waals surface area contributed by atoms with E-state index in [2.05, 4.69) is 5.32 Å². The summed E-state index contributed by atoms with van der Waals surface area (Å²) in [5.74, 6) is -1.23. The average molecular weight is 599 g/mol. The Morgan fingerprint density at radius 3 is 2.29 bits per heavy atom. The summed E-state index contributed by atoms with van der Waals surface area (Å²) >= 11 is 7.65. The molecule has 2 fully saturated rings. The van der Waals surface area contributed by atoms with Crippen molar-refractivity contribution in [2.24, 2.45) is 11.8 Å². The highest BCUT2D eigenvalue weighted by molar-refractivity contribution is 7.12. The molecule has 3 aromatic carbocycles. The summed E-state index contributed by atoms with van der Waals surface area (Å²) in [6.45, 7) is 0.220. The Morgan fingerprint density at radius 2 is 1.62 bits per heavy atom. The predicted octanol–water partition coefficient (Wildman–Crippen LogP) is 6.67. The van der Waals surface area contributed by atoms with Gasteiger partial charge in [0, 0.05) is 29.0 Å². The van der Waals surface area contributed by atoms with E-state index in [0.717, 1.165) is 29.5 Å². The van der Waals surface area contributed by atoms with E-state index < -0.39 is 23.9 Å². The molecule has 214 valence electrons. The van der Waals surface area contributed by atoms with Gasteiger partial charge in [-0.3, -0.25) is 14.4 Å². The minimum absolute atomic E-state index is 0.0765. The van der Waals surface area contributed by atoms with Crippen LogP contribution in [0.4, 0.5) is 0 Å². The minimum atomic E-state index is -0.909. The molecule has 1 saturated carbocycles. The van der Waals surface area contributed by atoms with E-state index in [0.29, 0.717) is 15.6 Å². The fourth-order valence-corrected chi connectivity index (χ4v) is 6.97. The molecule has 0 radical (unpaired) electrons. The van der Waals surface area contributed by atoms with Gasteiger partial charge in [-0.2, -0.15) is 0 Å². The largest absolute Gasteiger partial charge is 0.496 e. The second kappa shape index (κ2) is 12.1. The zero-order valence-electron chi connectivity index (χ0n) is 23.1. The molecule has 1 saturated heterocycles. The smallest absolute Gasteiger partial charge is 0.243 e. The topological polar surface area (TPSA) is 75.7 Å². The number of thiophene rings is 1. The van der Waals surface area contributed by atoms with E-state index in [-0.39, 0.29) is 30.1 Å². The number of para-hydroxylation sites is 1. The van der Waals surface area contributed by atoms with Crippen LogP contribution in [-0.2, 0) is 16.1 Å². The van der Waals surface area contributed by atoms with E-state index in [1.807, 2.05) is 84.2 Å². The maximum absolute atomic E-state index is 14.4. The number of hydrogen-bond donors (Lipinski definition) is 1. The van der Waals surface area contributed by atoms with Crippen molar-refractivity contribution in [2.45, 2.75) is 37.4 Å². The average Bonchev–Trinajstić information content (AvgIpc) is 3.60. The van der Waals surface area contributed by atoms with Crippen molar-refractivity contribution in [3.63, 3.8) is 0 Å². The van der Waals surface area contributed by atoms with E-state index in [1.165, 1.54) is 11.3 Å². The number of carbonyl (C=O) groups excluding carboxylic acids is 3. The number of methoxy groups -OCH3 is 1. The first-order chi connectivity index (χ1) is 20.5.